The second kappa shape index (κ2) is 13.1. The fourth-order valence-electron chi connectivity index (χ4n) is 4.02. The molecule has 1 fully saturated rings. The monoisotopic (exact) mass is 407 g/mol. The molecule has 0 bridgehead atoms. The summed E-state index contributed by atoms with van der Waals surface area (Å²) in [6.45, 7) is 4.52. The Morgan fingerprint density at radius 1 is 0.964 bits per heavy atom. The van der Waals surface area contributed by atoms with E-state index in [-0.39, 0.29) is 5.91 Å². The van der Waals surface area contributed by atoms with Crippen molar-refractivity contribution in [1.82, 2.24) is 5.32 Å². The highest BCUT2D eigenvalue weighted by Gasteiger charge is 2.13. The van der Waals surface area contributed by atoms with E-state index < -0.39 is 0 Å². The summed E-state index contributed by atoms with van der Waals surface area (Å²) in [4.78, 5) is 12.4. The summed E-state index contributed by atoms with van der Waals surface area (Å²) in [5.74, 6) is 1.00. The molecule has 0 unspecified atom stereocenters. The SMILES string of the molecule is Cc1cc(OCCCC(=O)NC2CCCCCCCCCCC2)cc(C)c1Cl. The molecule has 0 spiro atoms. The smallest absolute Gasteiger partial charge is 0.220 e. The fourth-order valence-corrected chi connectivity index (χ4v) is 4.13. The number of amides is 1. The number of ether oxygens (including phenoxy) is 1. The van der Waals surface area contributed by atoms with Crippen LogP contribution in [0.5, 0.6) is 5.75 Å². The summed E-state index contributed by atoms with van der Waals surface area (Å²) in [5.41, 5.74) is 2.05. The molecule has 1 N–H and O–H groups in total. The van der Waals surface area contributed by atoms with Crippen molar-refractivity contribution in [2.24, 2.45) is 0 Å². The molecular weight excluding hydrogens is 370 g/mol. The molecule has 0 atom stereocenters. The Bertz CT molecular complexity index is 567. The maximum atomic E-state index is 12.4. The third-order valence-electron chi connectivity index (χ3n) is 5.70. The first kappa shape index (κ1) is 23.1. The highest BCUT2D eigenvalue weighted by molar-refractivity contribution is 6.32. The van der Waals surface area contributed by atoms with Crippen LogP contribution < -0.4 is 10.1 Å². The summed E-state index contributed by atoms with van der Waals surface area (Å²) in [6, 6.07) is 4.27. The van der Waals surface area contributed by atoms with E-state index in [1.807, 2.05) is 26.0 Å². The lowest BCUT2D eigenvalue weighted by Crippen LogP contribution is -2.35. The average molecular weight is 408 g/mol. The van der Waals surface area contributed by atoms with Crippen molar-refractivity contribution in [1.29, 1.82) is 0 Å². The largest absolute Gasteiger partial charge is 0.494 e. The van der Waals surface area contributed by atoms with E-state index in [1.54, 1.807) is 0 Å². The number of carbonyl (C=O) groups excluding carboxylic acids is 1. The maximum Gasteiger partial charge on any atom is 0.220 e. The third-order valence-corrected chi connectivity index (χ3v) is 6.29. The number of nitrogens with one attached hydrogen (secondary N) is 1. The van der Waals surface area contributed by atoms with Gasteiger partial charge in [0.1, 0.15) is 5.75 Å². The van der Waals surface area contributed by atoms with E-state index >= 15 is 0 Å². The Labute approximate surface area is 176 Å². The summed E-state index contributed by atoms with van der Waals surface area (Å²) in [5, 5.41) is 4.08. The number of halogens is 1. The van der Waals surface area contributed by atoms with Gasteiger partial charge in [0.2, 0.25) is 5.91 Å². The van der Waals surface area contributed by atoms with E-state index in [9.17, 15) is 4.79 Å². The molecule has 0 radical (unpaired) electrons. The number of hydrogen-bond acceptors (Lipinski definition) is 2. The van der Waals surface area contributed by atoms with Crippen molar-refractivity contribution < 1.29 is 9.53 Å². The molecule has 0 aliphatic heterocycles. The number of rotatable bonds is 6. The Hall–Kier alpha value is -1.22. The lowest BCUT2D eigenvalue weighted by molar-refractivity contribution is -0.122. The van der Waals surface area contributed by atoms with Crippen LogP contribution in [-0.4, -0.2) is 18.6 Å². The van der Waals surface area contributed by atoms with Crippen molar-refractivity contribution >= 4 is 17.5 Å². The Balaban J connectivity index is 1.68. The van der Waals surface area contributed by atoms with Crippen LogP contribution in [0.25, 0.3) is 0 Å². The molecule has 1 aliphatic carbocycles. The quantitative estimate of drug-likeness (QED) is 0.520. The summed E-state index contributed by atoms with van der Waals surface area (Å²) in [7, 11) is 0. The molecule has 0 aromatic heterocycles. The highest BCUT2D eigenvalue weighted by atomic mass is 35.5. The van der Waals surface area contributed by atoms with Gasteiger partial charge in [-0.25, -0.2) is 0 Å². The van der Waals surface area contributed by atoms with Crippen molar-refractivity contribution in [3.63, 3.8) is 0 Å². The van der Waals surface area contributed by atoms with Crippen molar-refractivity contribution in [3.05, 3.63) is 28.3 Å². The normalized spacial score (nSPS) is 17.4. The number of hydrogen-bond donors (Lipinski definition) is 1. The zero-order valence-electron chi connectivity index (χ0n) is 17.8. The van der Waals surface area contributed by atoms with Gasteiger partial charge in [-0.15, -0.1) is 0 Å². The standard InChI is InChI=1S/C24H38ClNO2/c1-19-17-22(18-20(2)24(19)25)28-16-12-15-23(27)26-21-13-10-8-6-4-3-5-7-9-11-14-21/h17-18,21H,3-16H2,1-2H3,(H,26,27). The molecule has 1 aromatic carbocycles. The zero-order valence-corrected chi connectivity index (χ0v) is 18.6. The number of benzene rings is 1. The topological polar surface area (TPSA) is 38.3 Å². The Morgan fingerprint density at radius 2 is 1.46 bits per heavy atom. The minimum absolute atomic E-state index is 0.171. The van der Waals surface area contributed by atoms with Crippen LogP contribution in [0.15, 0.2) is 12.1 Å². The van der Waals surface area contributed by atoms with E-state index in [0.717, 1.165) is 41.2 Å². The van der Waals surface area contributed by atoms with Gasteiger partial charge in [-0.05, 0) is 56.4 Å². The van der Waals surface area contributed by atoms with Crippen LogP contribution in [0.3, 0.4) is 0 Å². The van der Waals surface area contributed by atoms with Gasteiger partial charge in [-0.2, -0.15) is 0 Å². The first-order valence-electron chi connectivity index (χ1n) is 11.2. The average Bonchev–Trinajstić information content (AvgIpc) is 2.65. The predicted molar refractivity (Wildman–Crippen MR) is 118 cm³/mol. The lowest BCUT2D eigenvalue weighted by atomic mass is 9.98. The molecular formula is C24H38ClNO2. The number of aryl methyl sites for hydroxylation is 2. The van der Waals surface area contributed by atoms with Gasteiger partial charge in [0.25, 0.3) is 0 Å². The summed E-state index contributed by atoms with van der Waals surface area (Å²) >= 11 is 6.19. The van der Waals surface area contributed by atoms with Gasteiger partial charge in [0.05, 0.1) is 6.61 Å². The van der Waals surface area contributed by atoms with Crippen molar-refractivity contribution in [2.75, 3.05) is 6.61 Å². The van der Waals surface area contributed by atoms with E-state index in [2.05, 4.69) is 5.32 Å². The molecule has 1 amide bonds. The van der Waals surface area contributed by atoms with Crippen molar-refractivity contribution in [2.45, 2.75) is 103 Å². The van der Waals surface area contributed by atoms with Crippen LogP contribution in [-0.2, 0) is 4.79 Å². The van der Waals surface area contributed by atoms with Gasteiger partial charge in [0, 0.05) is 17.5 Å². The van der Waals surface area contributed by atoms with E-state index in [0.29, 0.717) is 19.1 Å². The van der Waals surface area contributed by atoms with Crippen LogP contribution in [0.4, 0.5) is 0 Å². The molecule has 2 rings (SSSR count). The van der Waals surface area contributed by atoms with Gasteiger partial charge in [-0.3, -0.25) is 4.79 Å². The molecule has 1 aromatic rings. The molecule has 0 heterocycles. The third kappa shape index (κ3) is 8.86. The minimum atomic E-state index is 0.171. The van der Waals surface area contributed by atoms with Crippen LogP contribution >= 0.6 is 11.6 Å². The van der Waals surface area contributed by atoms with Gasteiger partial charge >= 0.3 is 0 Å². The van der Waals surface area contributed by atoms with E-state index in [1.165, 1.54) is 57.8 Å². The Kier molecular flexibility index (Phi) is 10.8. The van der Waals surface area contributed by atoms with Gasteiger partial charge in [0.15, 0.2) is 0 Å². The van der Waals surface area contributed by atoms with E-state index in [4.69, 9.17) is 16.3 Å². The van der Waals surface area contributed by atoms with Crippen LogP contribution in [0.2, 0.25) is 5.02 Å². The summed E-state index contributed by atoms with van der Waals surface area (Å²) in [6.07, 6.45) is 15.5. The van der Waals surface area contributed by atoms with Gasteiger partial charge < -0.3 is 10.1 Å². The Morgan fingerprint density at radius 3 is 2.00 bits per heavy atom. The minimum Gasteiger partial charge on any atom is -0.494 e. The second-order valence-electron chi connectivity index (χ2n) is 8.35. The first-order valence-corrected chi connectivity index (χ1v) is 11.6. The molecule has 158 valence electrons. The highest BCUT2D eigenvalue weighted by Crippen LogP contribution is 2.26. The molecule has 0 saturated heterocycles. The number of carbonyl (C=O) groups is 1. The van der Waals surface area contributed by atoms with Crippen LogP contribution in [0.1, 0.15) is 94.6 Å². The molecule has 1 aliphatic rings. The second-order valence-corrected chi connectivity index (χ2v) is 8.72. The predicted octanol–water partition coefficient (Wildman–Crippen LogP) is 6.91. The summed E-state index contributed by atoms with van der Waals surface area (Å²) < 4.78 is 5.82. The van der Waals surface area contributed by atoms with Gasteiger partial charge in [-0.1, -0.05) is 69.4 Å². The molecule has 3 nitrogen and oxygen atoms in total. The van der Waals surface area contributed by atoms with Crippen LogP contribution in [0, 0.1) is 13.8 Å². The van der Waals surface area contributed by atoms with Crippen molar-refractivity contribution in [3.8, 4) is 5.75 Å². The molecule has 28 heavy (non-hydrogen) atoms. The lowest BCUT2D eigenvalue weighted by Gasteiger charge is -2.19. The zero-order chi connectivity index (χ0) is 20.2. The molecule has 4 heteroatoms. The fraction of sp³-hybridized carbons (Fsp3) is 0.708. The molecule has 1 saturated carbocycles. The maximum absolute atomic E-state index is 12.4. The first-order chi connectivity index (χ1) is 13.6.